The first-order valence-electron chi connectivity index (χ1n) is 14.7. The summed E-state index contributed by atoms with van der Waals surface area (Å²) in [5.41, 5.74) is 2.56. The third-order valence-electron chi connectivity index (χ3n) is 8.52. The number of aryl methyl sites for hydroxylation is 1. The summed E-state index contributed by atoms with van der Waals surface area (Å²) < 4.78 is 11.0. The van der Waals surface area contributed by atoms with E-state index in [4.69, 9.17) is 9.15 Å². The number of halogens is 1. The summed E-state index contributed by atoms with van der Waals surface area (Å²) in [5, 5.41) is 11.5. The first-order valence-corrected chi connectivity index (χ1v) is 19.2. The summed E-state index contributed by atoms with van der Waals surface area (Å²) in [5.74, 6) is 0.0904. The van der Waals surface area contributed by atoms with E-state index in [2.05, 4.69) is 119 Å². The van der Waals surface area contributed by atoms with Crippen molar-refractivity contribution in [2.75, 3.05) is 13.3 Å². The van der Waals surface area contributed by atoms with Gasteiger partial charge in [-0.2, -0.15) is 0 Å². The summed E-state index contributed by atoms with van der Waals surface area (Å²) >= 11 is 4.55. The van der Waals surface area contributed by atoms with Gasteiger partial charge in [0.15, 0.2) is 5.75 Å². The Kier molecular flexibility index (Phi) is 8.44. The fraction of sp³-hybridized carbons (Fsp3) is 0.132. The number of ether oxygens (including phenoxy) is 1. The van der Waals surface area contributed by atoms with Gasteiger partial charge < -0.3 is 9.84 Å². The fourth-order valence-corrected chi connectivity index (χ4v) is 13.9. The van der Waals surface area contributed by atoms with Crippen LogP contribution in [-0.2, 0) is 6.42 Å². The van der Waals surface area contributed by atoms with Gasteiger partial charge in [-0.3, -0.25) is 0 Å². The van der Waals surface area contributed by atoms with Crippen molar-refractivity contribution in [1.29, 1.82) is 0 Å². The molecule has 222 valence electrons. The van der Waals surface area contributed by atoms with Gasteiger partial charge in [-0.25, -0.2) is 0 Å². The van der Waals surface area contributed by atoms with Gasteiger partial charge >= 0.3 is 232 Å². The molecule has 0 aliphatic heterocycles. The maximum atomic E-state index is 13.3. The third kappa shape index (κ3) is 5.25. The number of phenols is 1. The van der Waals surface area contributed by atoms with Crippen LogP contribution in [0.25, 0.3) is 22.1 Å². The molecule has 0 amide bonds. The van der Waals surface area contributed by atoms with Crippen LogP contribution >= 0.6 is 20.8 Å². The SMILES string of the molecule is COc1c(O)ccc2c(=O)c(-c3ccc(CCCCP(Br)(c4ccccc4)(c4ccccc4)c4ccccc4)cc3)coc12. The molecular formula is C38H34BrO4P. The average Bonchev–Trinajstić information content (AvgIpc) is 3.08. The molecule has 0 bridgehead atoms. The zero-order valence-corrected chi connectivity index (χ0v) is 27.0. The van der Waals surface area contributed by atoms with E-state index in [9.17, 15) is 9.90 Å². The van der Waals surface area contributed by atoms with Crippen molar-refractivity contribution in [3.8, 4) is 22.6 Å². The van der Waals surface area contributed by atoms with Gasteiger partial charge in [-0.15, -0.1) is 0 Å². The van der Waals surface area contributed by atoms with E-state index < -0.39 is 5.31 Å². The van der Waals surface area contributed by atoms with Crippen LogP contribution in [-0.4, -0.2) is 18.4 Å². The Hall–Kier alpha value is -4.18. The van der Waals surface area contributed by atoms with Crippen LogP contribution in [0.5, 0.6) is 11.5 Å². The van der Waals surface area contributed by atoms with Crippen molar-refractivity contribution in [3.63, 3.8) is 0 Å². The number of benzene rings is 5. The average molecular weight is 666 g/mol. The van der Waals surface area contributed by atoms with E-state index in [1.165, 1.54) is 40.9 Å². The zero-order chi connectivity index (χ0) is 30.6. The minimum absolute atomic E-state index is 0.0675. The Balaban J connectivity index is 1.24. The van der Waals surface area contributed by atoms with E-state index in [0.29, 0.717) is 10.9 Å². The summed E-state index contributed by atoms with van der Waals surface area (Å²) in [7, 11) is 1.44. The standard InChI is InChI=1S/C38H34BrO4P/c1-42-38-35(40)25-24-33-36(41)34(27-43-37(33)38)29-22-20-28(21-23-29)13-11-12-26-44(39,30-14-5-2-6-15-30,31-16-7-3-8-17-31)32-18-9-4-10-19-32/h2-10,14-25,27,40H,11-13,26H2,1H3. The number of fused-ring (bicyclic) bond motifs is 1. The zero-order valence-electron chi connectivity index (χ0n) is 24.5. The Labute approximate surface area is 265 Å². The predicted molar refractivity (Wildman–Crippen MR) is 188 cm³/mol. The topological polar surface area (TPSA) is 59.7 Å². The Morgan fingerprint density at radius 1 is 0.727 bits per heavy atom. The molecule has 0 spiro atoms. The van der Waals surface area contributed by atoms with Crippen LogP contribution in [0, 0.1) is 0 Å². The number of methoxy groups -OCH3 is 1. The second-order valence-corrected chi connectivity index (χ2v) is 20.1. The first kappa shape index (κ1) is 29.9. The van der Waals surface area contributed by atoms with Crippen LogP contribution in [0.3, 0.4) is 0 Å². The molecule has 0 radical (unpaired) electrons. The minimum atomic E-state index is -2.93. The molecule has 1 N–H and O–H groups in total. The molecule has 1 aromatic heterocycles. The molecule has 0 unspecified atom stereocenters. The summed E-state index contributed by atoms with van der Waals surface area (Å²) in [6.07, 6.45) is 5.43. The van der Waals surface area contributed by atoms with Crippen molar-refractivity contribution >= 4 is 47.7 Å². The van der Waals surface area contributed by atoms with E-state index in [1.54, 1.807) is 6.07 Å². The predicted octanol–water partition coefficient (Wildman–Crippen LogP) is 8.34. The van der Waals surface area contributed by atoms with E-state index in [0.717, 1.165) is 31.0 Å². The van der Waals surface area contributed by atoms with Crippen LogP contribution in [0.4, 0.5) is 0 Å². The molecular weight excluding hydrogens is 631 g/mol. The van der Waals surface area contributed by atoms with Crippen LogP contribution in [0.2, 0.25) is 0 Å². The van der Waals surface area contributed by atoms with Crippen LogP contribution in [0.15, 0.2) is 143 Å². The molecule has 6 heteroatoms. The van der Waals surface area contributed by atoms with E-state index in [1.807, 2.05) is 12.1 Å². The molecule has 5 aromatic carbocycles. The Morgan fingerprint density at radius 2 is 1.27 bits per heavy atom. The van der Waals surface area contributed by atoms with Crippen molar-refractivity contribution < 1.29 is 14.3 Å². The van der Waals surface area contributed by atoms with E-state index >= 15 is 0 Å². The van der Waals surface area contributed by atoms with Crippen LogP contribution < -0.4 is 26.1 Å². The number of hydrogen-bond acceptors (Lipinski definition) is 4. The molecule has 1 heterocycles. The summed E-state index contributed by atoms with van der Waals surface area (Å²) in [6, 6.07) is 43.9. The maximum absolute atomic E-state index is 13.3. The van der Waals surface area contributed by atoms with Crippen LogP contribution in [0.1, 0.15) is 18.4 Å². The van der Waals surface area contributed by atoms with Gasteiger partial charge in [0.25, 0.3) is 0 Å². The molecule has 6 aromatic rings. The number of phenolic OH excluding ortho intramolecular Hbond substituents is 1. The fourth-order valence-electron chi connectivity index (χ4n) is 6.20. The van der Waals surface area contributed by atoms with Gasteiger partial charge in [0.2, 0.25) is 5.75 Å². The Bertz CT molecular complexity index is 1840. The van der Waals surface area contributed by atoms with Crippen molar-refractivity contribution in [1.82, 2.24) is 0 Å². The molecule has 44 heavy (non-hydrogen) atoms. The van der Waals surface area contributed by atoms with E-state index in [-0.39, 0.29) is 22.5 Å². The number of hydrogen-bond donors (Lipinski definition) is 1. The van der Waals surface area contributed by atoms with Gasteiger partial charge in [0, 0.05) is 0 Å². The second kappa shape index (κ2) is 12.4. The van der Waals surface area contributed by atoms with Gasteiger partial charge in [-0.1, -0.05) is 0 Å². The molecule has 0 fully saturated rings. The van der Waals surface area contributed by atoms with Gasteiger partial charge in [0.1, 0.15) is 0 Å². The number of aromatic hydroxyl groups is 1. The summed E-state index contributed by atoms with van der Waals surface area (Å²) in [6.45, 7) is 0. The second-order valence-electron chi connectivity index (χ2n) is 11.0. The molecule has 0 atom stereocenters. The number of rotatable bonds is 10. The molecule has 4 nitrogen and oxygen atoms in total. The molecule has 6 rings (SSSR count). The Morgan fingerprint density at radius 3 is 1.80 bits per heavy atom. The molecule has 0 aliphatic rings. The molecule has 0 aliphatic carbocycles. The molecule has 0 saturated heterocycles. The van der Waals surface area contributed by atoms with Gasteiger partial charge in [0.05, 0.1) is 7.11 Å². The van der Waals surface area contributed by atoms with Crippen molar-refractivity contribution in [2.24, 2.45) is 0 Å². The number of unbranched alkanes of at least 4 members (excludes halogenated alkanes) is 1. The quantitative estimate of drug-likeness (QED) is 0.118. The van der Waals surface area contributed by atoms with Crippen molar-refractivity contribution in [3.05, 3.63) is 149 Å². The monoisotopic (exact) mass is 664 g/mol. The normalized spacial score (nSPS) is 12.5. The summed E-state index contributed by atoms with van der Waals surface area (Å²) in [4.78, 5) is 13.3. The molecule has 0 saturated carbocycles. The van der Waals surface area contributed by atoms with Gasteiger partial charge in [-0.05, 0) is 6.07 Å². The first-order chi connectivity index (χ1) is 21.4. The third-order valence-corrected chi connectivity index (χ3v) is 18.6. The van der Waals surface area contributed by atoms with Crippen molar-refractivity contribution in [2.45, 2.75) is 19.3 Å².